The number of rotatable bonds is 7. The molecule has 0 aliphatic heterocycles. The Labute approximate surface area is 191 Å². The highest BCUT2D eigenvalue weighted by molar-refractivity contribution is 7.14. The molecule has 0 spiro atoms. The van der Waals surface area contributed by atoms with Crippen molar-refractivity contribution in [3.05, 3.63) is 53.9 Å². The Bertz CT molecular complexity index is 1060. The van der Waals surface area contributed by atoms with Crippen LogP contribution in [0.2, 0.25) is 0 Å². The minimum atomic E-state index is -0.575. The average Bonchev–Trinajstić information content (AvgIpc) is 3.20. The minimum Gasteiger partial charge on any atom is -0.497 e. The van der Waals surface area contributed by atoms with Crippen LogP contribution in [-0.2, 0) is 9.53 Å². The second kappa shape index (κ2) is 10.1. The molecule has 0 aliphatic carbocycles. The summed E-state index contributed by atoms with van der Waals surface area (Å²) in [7, 11) is 1.61. The summed E-state index contributed by atoms with van der Waals surface area (Å²) in [6.45, 7) is 5.54. The van der Waals surface area contributed by atoms with Crippen LogP contribution in [0.25, 0.3) is 11.3 Å². The molecule has 0 saturated carbocycles. The van der Waals surface area contributed by atoms with Gasteiger partial charge in [-0.25, -0.2) is 9.78 Å². The van der Waals surface area contributed by atoms with Gasteiger partial charge in [-0.1, -0.05) is 12.1 Å². The van der Waals surface area contributed by atoms with E-state index in [0.29, 0.717) is 10.8 Å². The molecule has 32 heavy (non-hydrogen) atoms. The van der Waals surface area contributed by atoms with Crippen LogP contribution in [0.5, 0.6) is 5.75 Å². The number of hydrogen-bond acceptors (Lipinski definition) is 7. The monoisotopic (exact) mass is 454 g/mol. The van der Waals surface area contributed by atoms with Gasteiger partial charge in [0.2, 0.25) is 5.91 Å². The van der Waals surface area contributed by atoms with Crippen molar-refractivity contribution in [2.75, 3.05) is 29.6 Å². The van der Waals surface area contributed by atoms with E-state index in [1.807, 2.05) is 41.8 Å². The second-order valence-corrected chi connectivity index (χ2v) is 8.73. The molecule has 8 nitrogen and oxygen atoms in total. The van der Waals surface area contributed by atoms with Crippen molar-refractivity contribution < 1.29 is 19.1 Å². The highest BCUT2D eigenvalue weighted by atomic mass is 32.1. The molecule has 2 amide bonds. The Balaban J connectivity index is 1.51. The third-order valence-corrected chi connectivity index (χ3v) is 4.88. The van der Waals surface area contributed by atoms with Gasteiger partial charge in [-0.05, 0) is 57.2 Å². The molecular formula is C23H26N4O4S. The fourth-order valence-corrected chi connectivity index (χ4v) is 3.38. The topological polar surface area (TPSA) is 102 Å². The van der Waals surface area contributed by atoms with Crippen LogP contribution in [0.3, 0.4) is 0 Å². The van der Waals surface area contributed by atoms with Crippen LogP contribution < -0.4 is 20.7 Å². The van der Waals surface area contributed by atoms with E-state index in [1.54, 1.807) is 40.0 Å². The lowest BCUT2D eigenvalue weighted by Gasteiger charge is -2.18. The van der Waals surface area contributed by atoms with Crippen molar-refractivity contribution in [3.8, 4) is 17.0 Å². The lowest BCUT2D eigenvalue weighted by atomic mass is 10.1. The number of hydrogen-bond donors (Lipinski definition) is 3. The summed E-state index contributed by atoms with van der Waals surface area (Å²) in [5.74, 6) is 0.596. The van der Waals surface area contributed by atoms with Gasteiger partial charge in [-0.3, -0.25) is 10.1 Å². The number of carbonyl (C=O) groups is 2. The van der Waals surface area contributed by atoms with Gasteiger partial charge in [0.15, 0.2) is 5.13 Å². The second-order valence-electron chi connectivity index (χ2n) is 7.87. The fourth-order valence-electron chi connectivity index (χ4n) is 2.68. The van der Waals surface area contributed by atoms with Gasteiger partial charge in [0, 0.05) is 22.3 Å². The molecule has 3 N–H and O–H groups in total. The Hall–Kier alpha value is -3.59. The maximum absolute atomic E-state index is 12.2. The maximum atomic E-state index is 12.2. The molecule has 0 fully saturated rings. The van der Waals surface area contributed by atoms with E-state index in [9.17, 15) is 9.59 Å². The van der Waals surface area contributed by atoms with Crippen molar-refractivity contribution >= 4 is 39.8 Å². The molecule has 168 valence electrons. The van der Waals surface area contributed by atoms with Crippen LogP contribution >= 0.6 is 11.3 Å². The molecule has 0 unspecified atom stereocenters. The number of methoxy groups -OCH3 is 1. The highest BCUT2D eigenvalue weighted by Crippen LogP contribution is 2.26. The number of amides is 2. The summed E-state index contributed by atoms with van der Waals surface area (Å²) < 4.78 is 10.3. The summed E-state index contributed by atoms with van der Waals surface area (Å²) in [6, 6.07) is 14.7. The standard InChI is InChI=1S/C23H26N4O4S/c1-23(2,3)31-22(29)27-21-26-19(14-32-21)15-5-7-17(8-6-15)25-20(28)13-24-16-9-11-18(30-4)12-10-16/h5-12,14,24H,13H2,1-4H3,(H,25,28)(H,26,27,29). The number of carbonyl (C=O) groups excluding carboxylic acids is 2. The van der Waals surface area contributed by atoms with E-state index in [1.165, 1.54) is 11.3 Å². The van der Waals surface area contributed by atoms with E-state index >= 15 is 0 Å². The van der Waals surface area contributed by atoms with E-state index in [0.717, 1.165) is 22.7 Å². The van der Waals surface area contributed by atoms with Crippen LogP contribution in [-0.4, -0.2) is 36.2 Å². The summed E-state index contributed by atoms with van der Waals surface area (Å²) >= 11 is 1.31. The smallest absolute Gasteiger partial charge is 0.413 e. The van der Waals surface area contributed by atoms with Crippen molar-refractivity contribution in [2.24, 2.45) is 0 Å². The third kappa shape index (κ3) is 6.98. The first-order valence-corrected chi connectivity index (χ1v) is 10.8. The quantitative estimate of drug-likeness (QED) is 0.453. The van der Waals surface area contributed by atoms with Gasteiger partial charge in [0.1, 0.15) is 11.4 Å². The number of thiazole rings is 1. The number of nitrogens with zero attached hydrogens (tertiary/aromatic N) is 1. The van der Waals surface area contributed by atoms with Crippen molar-refractivity contribution in [1.82, 2.24) is 4.98 Å². The van der Waals surface area contributed by atoms with E-state index in [4.69, 9.17) is 9.47 Å². The van der Waals surface area contributed by atoms with Crippen molar-refractivity contribution in [1.29, 1.82) is 0 Å². The predicted octanol–water partition coefficient (Wildman–Crippen LogP) is 5.22. The molecule has 0 atom stereocenters. The summed E-state index contributed by atoms with van der Waals surface area (Å²) in [4.78, 5) is 28.5. The molecule has 0 bridgehead atoms. The number of anilines is 3. The normalized spacial score (nSPS) is 10.9. The third-order valence-electron chi connectivity index (χ3n) is 4.12. The van der Waals surface area contributed by atoms with E-state index in [2.05, 4.69) is 20.9 Å². The molecule has 0 saturated heterocycles. The molecule has 0 radical (unpaired) electrons. The summed E-state index contributed by atoms with van der Waals surface area (Å²) in [5, 5.41) is 10.8. The van der Waals surface area contributed by atoms with Gasteiger partial charge >= 0.3 is 6.09 Å². The first kappa shape index (κ1) is 23.1. The van der Waals surface area contributed by atoms with Crippen LogP contribution in [0.1, 0.15) is 20.8 Å². The van der Waals surface area contributed by atoms with E-state index < -0.39 is 11.7 Å². The van der Waals surface area contributed by atoms with Crippen LogP contribution in [0.4, 0.5) is 21.3 Å². The summed E-state index contributed by atoms with van der Waals surface area (Å²) in [5.41, 5.74) is 2.52. The van der Waals surface area contributed by atoms with Gasteiger partial charge in [-0.2, -0.15) is 0 Å². The largest absolute Gasteiger partial charge is 0.497 e. The lowest BCUT2D eigenvalue weighted by Crippen LogP contribution is -2.27. The molecule has 0 aliphatic rings. The fraction of sp³-hybridized carbons (Fsp3) is 0.261. The Morgan fingerprint density at radius 2 is 1.62 bits per heavy atom. The Morgan fingerprint density at radius 3 is 2.25 bits per heavy atom. The van der Waals surface area contributed by atoms with Gasteiger partial charge in [0.05, 0.1) is 19.3 Å². The number of aromatic nitrogens is 1. The summed E-state index contributed by atoms with van der Waals surface area (Å²) in [6.07, 6.45) is -0.542. The van der Waals surface area contributed by atoms with Gasteiger partial charge in [-0.15, -0.1) is 11.3 Å². The van der Waals surface area contributed by atoms with Gasteiger partial charge in [0.25, 0.3) is 0 Å². The first-order chi connectivity index (χ1) is 15.2. The molecule has 3 aromatic rings. The van der Waals surface area contributed by atoms with E-state index in [-0.39, 0.29) is 12.5 Å². The van der Waals surface area contributed by atoms with Crippen LogP contribution in [0.15, 0.2) is 53.9 Å². The van der Waals surface area contributed by atoms with Crippen LogP contribution in [0, 0.1) is 0 Å². The molecule has 1 aromatic heterocycles. The highest BCUT2D eigenvalue weighted by Gasteiger charge is 2.17. The molecule has 1 heterocycles. The molecular weight excluding hydrogens is 428 g/mol. The number of nitrogens with one attached hydrogen (secondary N) is 3. The van der Waals surface area contributed by atoms with Crippen molar-refractivity contribution in [2.45, 2.75) is 26.4 Å². The zero-order chi connectivity index (χ0) is 23.1. The van der Waals surface area contributed by atoms with Crippen molar-refractivity contribution in [3.63, 3.8) is 0 Å². The number of ether oxygens (including phenoxy) is 2. The number of benzene rings is 2. The minimum absolute atomic E-state index is 0.139. The zero-order valence-electron chi connectivity index (χ0n) is 18.4. The SMILES string of the molecule is COc1ccc(NCC(=O)Nc2ccc(-c3csc(NC(=O)OC(C)(C)C)n3)cc2)cc1. The predicted molar refractivity (Wildman–Crippen MR) is 128 cm³/mol. The Morgan fingerprint density at radius 1 is 0.969 bits per heavy atom. The molecule has 2 aromatic carbocycles. The Kier molecular flexibility index (Phi) is 7.32. The lowest BCUT2D eigenvalue weighted by molar-refractivity contribution is -0.114. The maximum Gasteiger partial charge on any atom is 0.413 e. The zero-order valence-corrected chi connectivity index (χ0v) is 19.2. The average molecular weight is 455 g/mol. The first-order valence-electron chi connectivity index (χ1n) is 9.95. The molecule has 9 heteroatoms. The van der Waals surface area contributed by atoms with Gasteiger partial charge < -0.3 is 20.1 Å². The molecule has 3 rings (SSSR count).